The van der Waals surface area contributed by atoms with Crippen molar-refractivity contribution in [2.75, 3.05) is 0 Å². The van der Waals surface area contributed by atoms with Gasteiger partial charge in [-0.25, -0.2) is 9.18 Å². The summed E-state index contributed by atoms with van der Waals surface area (Å²) >= 11 is 0. The summed E-state index contributed by atoms with van der Waals surface area (Å²) in [5, 5.41) is 9.40. The molecule has 0 fully saturated rings. The first-order valence-corrected chi connectivity index (χ1v) is 7.87. The van der Waals surface area contributed by atoms with E-state index in [2.05, 4.69) is 6.92 Å². The summed E-state index contributed by atoms with van der Waals surface area (Å²) in [4.78, 5) is 11.5. The Morgan fingerprint density at radius 1 is 1.13 bits per heavy atom. The number of carboxylic acids is 1. The van der Waals surface area contributed by atoms with Gasteiger partial charge in [0.1, 0.15) is 5.83 Å². The molecule has 0 aliphatic carbocycles. The highest BCUT2D eigenvalue weighted by Gasteiger charge is 2.12. The van der Waals surface area contributed by atoms with Crippen molar-refractivity contribution in [3.8, 4) is 11.1 Å². The lowest BCUT2D eigenvalue weighted by Crippen LogP contribution is -2.00. The van der Waals surface area contributed by atoms with Crippen LogP contribution in [0.4, 0.5) is 4.39 Å². The Balaban J connectivity index is 2.49. The second-order valence-corrected chi connectivity index (χ2v) is 5.50. The van der Waals surface area contributed by atoms with E-state index < -0.39 is 5.97 Å². The van der Waals surface area contributed by atoms with Crippen LogP contribution in [0.15, 0.2) is 48.3 Å². The molecule has 0 atom stereocenters. The van der Waals surface area contributed by atoms with Crippen LogP contribution < -0.4 is 0 Å². The summed E-state index contributed by atoms with van der Waals surface area (Å²) in [6, 6.07) is 12.7. The number of halogens is 1. The van der Waals surface area contributed by atoms with Gasteiger partial charge in [0.25, 0.3) is 0 Å². The van der Waals surface area contributed by atoms with Gasteiger partial charge in [-0.05, 0) is 59.7 Å². The average molecular weight is 312 g/mol. The minimum atomic E-state index is -0.982. The lowest BCUT2D eigenvalue weighted by molar-refractivity contribution is 0.0697. The zero-order valence-corrected chi connectivity index (χ0v) is 13.5. The summed E-state index contributed by atoms with van der Waals surface area (Å²) < 4.78 is 13.7. The third-order valence-electron chi connectivity index (χ3n) is 3.76. The lowest BCUT2D eigenvalue weighted by Gasteiger charge is -2.09. The molecular formula is C20H21FO2. The van der Waals surface area contributed by atoms with Crippen LogP contribution in [0.25, 0.3) is 17.2 Å². The molecule has 0 aliphatic rings. The van der Waals surface area contributed by atoms with Crippen LogP contribution in [0.2, 0.25) is 0 Å². The Morgan fingerprint density at radius 2 is 1.83 bits per heavy atom. The SMILES string of the molecule is CCC/C(F)=C\c1ccc(C(=O)O)c(-c2ccc(CC)cc2)c1. The minimum absolute atomic E-state index is 0.192. The molecule has 0 spiro atoms. The summed E-state index contributed by atoms with van der Waals surface area (Å²) in [5.74, 6) is -1.17. The minimum Gasteiger partial charge on any atom is -0.478 e. The molecule has 0 aliphatic heterocycles. The van der Waals surface area contributed by atoms with Crippen LogP contribution in [0.3, 0.4) is 0 Å². The number of rotatable bonds is 6. The van der Waals surface area contributed by atoms with Crippen molar-refractivity contribution in [1.82, 2.24) is 0 Å². The number of hydrogen-bond donors (Lipinski definition) is 1. The van der Waals surface area contributed by atoms with Gasteiger partial charge in [0.15, 0.2) is 0 Å². The van der Waals surface area contributed by atoms with Crippen molar-refractivity contribution in [1.29, 1.82) is 0 Å². The van der Waals surface area contributed by atoms with Crippen molar-refractivity contribution < 1.29 is 14.3 Å². The molecule has 0 heterocycles. The lowest BCUT2D eigenvalue weighted by atomic mass is 9.96. The third kappa shape index (κ3) is 4.28. The van der Waals surface area contributed by atoms with Gasteiger partial charge >= 0.3 is 5.97 Å². The molecule has 2 aromatic rings. The van der Waals surface area contributed by atoms with Crippen LogP contribution in [0.5, 0.6) is 0 Å². The van der Waals surface area contributed by atoms with E-state index in [-0.39, 0.29) is 11.4 Å². The van der Waals surface area contributed by atoms with Crippen LogP contribution >= 0.6 is 0 Å². The molecule has 0 radical (unpaired) electrons. The molecule has 0 unspecified atom stereocenters. The average Bonchev–Trinajstić information content (AvgIpc) is 2.55. The fourth-order valence-corrected chi connectivity index (χ4v) is 2.49. The smallest absolute Gasteiger partial charge is 0.336 e. The molecule has 0 saturated carbocycles. The Labute approximate surface area is 136 Å². The number of aromatic carboxylic acids is 1. The quantitative estimate of drug-likeness (QED) is 0.740. The predicted molar refractivity (Wildman–Crippen MR) is 92.2 cm³/mol. The molecule has 23 heavy (non-hydrogen) atoms. The van der Waals surface area contributed by atoms with E-state index in [1.165, 1.54) is 17.7 Å². The van der Waals surface area contributed by atoms with Crippen molar-refractivity contribution >= 4 is 12.0 Å². The highest BCUT2D eigenvalue weighted by molar-refractivity contribution is 5.96. The van der Waals surface area contributed by atoms with Gasteiger partial charge in [-0.3, -0.25) is 0 Å². The van der Waals surface area contributed by atoms with E-state index >= 15 is 0 Å². The Morgan fingerprint density at radius 3 is 2.39 bits per heavy atom. The number of hydrogen-bond acceptors (Lipinski definition) is 1. The first-order valence-electron chi connectivity index (χ1n) is 7.87. The monoisotopic (exact) mass is 312 g/mol. The van der Waals surface area contributed by atoms with Gasteiger partial charge in [0.2, 0.25) is 0 Å². The van der Waals surface area contributed by atoms with Crippen molar-refractivity contribution in [3.05, 3.63) is 65.0 Å². The van der Waals surface area contributed by atoms with Gasteiger partial charge in [-0.1, -0.05) is 44.2 Å². The fraction of sp³-hybridized carbons (Fsp3) is 0.250. The molecule has 3 heteroatoms. The molecule has 2 rings (SSSR count). The van der Waals surface area contributed by atoms with Gasteiger partial charge in [0.05, 0.1) is 5.56 Å². The third-order valence-corrected chi connectivity index (χ3v) is 3.76. The van der Waals surface area contributed by atoms with E-state index in [0.717, 1.165) is 18.4 Å². The van der Waals surface area contributed by atoms with Crippen LogP contribution in [0, 0.1) is 0 Å². The number of aryl methyl sites for hydroxylation is 1. The molecule has 1 N–H and O–H groups in total. The maximum absolute atomic E-state index is 13.7. The summed E-state index contributed by atoms with van der Waals surface area (Å²) in [6.45, 7) is 3.99. The van der Waals surface area contributed by atoms with Crippen molar-refractivity contribution in [2.24, 2.45) is 0 Å². The first-order chi connectivity index (χ1) is 11.0. The second kappa shape index (κ2) is 7.73. The molecule has 0 amide bonds. The summed E-state index contributed by atoms with van der Waals surface area (Å²) in [5.41, 5.74) is 3.53. The van der Waals surface area contributed by atoms with E-state index in [9.17, 15) is 14.3 Å². The summed E-state index contributed by atoms with van der Waals surface area (Å²) in [6.07, 6.45) is 3.53. The number of carbonyl (C=O) groups is 1. The highest BCUT2D eigenvalue weighted by atomic mass is 19.1. The second-order valence-electron chi connectivity index (χ2n) is 5.50. The summed E-state index contributed by atoms with van der Waals surface area (Å²) in [7, 11) is 0. The molecule has 2 nitrogen and oxygen atoms in total. The number of benzene rings is 2. The number of allylic oxidation sites excluding steroid dienone is 1. The molecule has 2 aromatic carbocycles. The van der Waals surface area contributed by atoms with Gasteiger partial charge < -0.3 is 5.11 Å². The largest absolute Gasteiger partial charge is 0.478 e. The van der Waals surface area contributed by atoms with E-state index in [1.807, 2.05) is 31.2 Å². The molecule has 0 saturated heterocycles. The molecule has 0 bridgehead atoms. The fourth-order valence-electron chi connectivity index (χ4n) is 2.49. The topological polar surface area (TPSA) is 37.3 Å². The van der Waals surface area contributed by atoms with E-state index in [0.29, 0.717) is 17.5 Å². The first kappa shape index (κ1) is 16.9. The normalized spacial score (nSPS) is 11.5. The van der Waals surface area contributed by atoms with Crippen LogP contribution in [0.1, 0.15) is 48.2 Å². The zero-order chi connectivity index (χ0) is 16.8. The standard InChI is InChI=1S/C20H21FO2/c1-3-5-17(21)12-15-8-11-18(20(22)23)19(13-15)16-9-6-14(4-2)7-10-16/h6-13H,3-5H2,1-2H3,(H,22,23)/b17-12+. The van der Waals surface area contributed by atoms with Gasteiger partial charge in [0, 0.05) is 0 Å². The maximum atomic E-state index is 13.7. The Hall–Kier alpha value is -2.42. The van der Waals surface area contributed by atoms with Crippen molar-refractivity contribution in [3.63, 3.8) is 0 Å². The molecule has 0 aromatic heterocycles. The molecule has 120 valence electrons. The maximum Gasteiger partial charge on any atom is 0.336 e. The molecular weight excluding hydrogens is 291 g/mol. The number of carboxylic acid groups (broad SMARTS) is 1. The highest BCUT2D eigenvalue weighted by Crippen LogP contribution is 2.27. The Bertz CT molecular complexity index is 715. The van der Waals surface area contributed by atoms with Crippen LogP contribution in [-0.2, 0) is 6.42 Å². The predicted octanol–water partition coefficient (Wildman–Crippen LogP) is 5.72. The van der Waals surface area contributed by atoms with Crippen LogP contribution in [-0.4, -0.2) is 11.1 Å². The van der Waals surface area contributed by atoms with Gasteiger partial charge in [-0.2, -0.15) is 0 Å². The van der Waals surface area contributed by atoms with Gasteiger partial charge in [-0.15, -0.1) is 0 Å². The van der Waals surface area contributed by atoms with Crippen molar-refractivity contribution in [2.45, 2.75) is 33.1 Å². The Kier molecular flexibility index (Phi) is 5.69. The van der Waals surface area contributed by atoms with E-state index in [1.54, 1.807) is 12.1 Å². The zero-order valence-electron chi connectivity index (χ0n) is 13.5. The van der Waals surface area contributed by atoms with E-state index in [4.69, 9.17) is 0 Å².